The second kappa shape index (κ2) is 6.68. The molecule has 0 radical (unpaired) electrons. The molecule has 3 rings (SSSR count). The van der Waals surface area contributed by atoms with Crippen LogP contribution in [-0.2, 0) is 4.79 Å². The van der Waals surface area contributed by atoms with Crippen molar-refractivity contribution in [3.05, 3.63) is 30.1 Å². The second-order valence-corrected chi connectivity index (χ2v) is 5.41. The highest BCUT2D eigenvalue weighted by molar-refractivity contribution is 5.91. The maximum atomic E-state index is 11.9. The van der Waals surface area contributed by atoms with Crippen LogP contribution in [0.2, 0.25) is 0 Å². The maximum Gasteiger partial charge on any atom is 0.229 e. The summed E-state index contributed by atoms with van der Waals surface area (Å²) >= 11 is 0. The van der Waals surface area contributed by atoms with Crippen LogP contribution in [0, 0.1) is 0 Å². The van der Waals surface area contributed by atoms with E-state index in [2.05, 4.69) is 22.3 Å². The zero-order valence-electron chi connectivity index (χ0n) is 13.3. The summed E-state index contributed by atoms with van der Waals surface area (Å²) in [5.74, 6) is 1.77. The van der Waals surface area contributed by atoms with Crippen molar-refractivity contribution in [1.29, 1.82) is 0 Å². The van der Waals surface area contributed by atoms with Crippen LogP contribution in [0.5, 0.6) is 11.5 Å². The van der Waals surface area contributed by atoms with E-state index in [1.165, 1.54) is 6.33 Å². The lowest BCUT2D eigenvalue weighted by Gasteiger charge is -2.24. The van der Waals surface area contributed by atoms with Gasteiger partial charge in [0, 0.05) is 0 Å². The van der Waals surface area contributed by atoms with Crippen molar-refractivity contribution in [2.75, 3.05) is 19.0 Å². The second-order valence-electron chi connectivity index (χ2n) is 5.41. The molecule has 0 saturated heterocycles. The first-order valence-corrected chi connectivity index (χ1v) is 7.73. The Morgan fingerprint density at radius 1 is 1.39 bits per heavy atom. The van der Waals surface area contributed by atoms with E-state index in [1.807, 2.05) is 18.2 Å². The Morgan fingerprint density at radius 3 is 3.04 bits per heavy atom. The number of hydrogen-bond donors (Lipinski definition) is 1. The summed E-state index contributed by atoms with van der Waals surface area (Å²) in [5, 5.41) is 6.91. The average molecular weight is 316 g/mol. The number of nitrogens with zero attached hydrogens (tertiary/aromatic N) is 3. The van der Waals surface area contributed by atoms with Gasteiger partial charge in [-0.05, 0) is 24.1 Å². The zero-order valence-corrected chi connectivity index (χ0v) is 13.3. The number of ether oxygens (including phenoxy) is 2. The summed E-state index contributed by atoms with van der Waals surface area (Å²) in [4.78, 5) is 15.9. The Balaban J connectivity index is 1.88. The maximum absolute atomic E-state index is 11.9. The minimum Gasteiger partial charge on any atom is -0.493 e. The molecule has 1 amide bonds. The summed E-state index contributed by atoms with van der Waals surface area (Å²) in [5.41, 5.74) is 0.936. The standard InChI is InChI=1S/C16H20N4O3/c1-3-4-7-23-13-6-5-11(8-14(13)22-2)12-9-15(21)19-16-17-10-18-20(12)16/h5-6,8,10,12H,3-4,7,9H2,1-2H3,(H,17,18,19,21)/t12-/m1/s1. The number of benzene rings is 1. The Kier molecular flexibility index (Phi) is 4.45. The highest BCUT2D eigenvalue weighted by Crippen LogP contribution is 2.34. The van der Waals surface area contributed by atoms with Crippen LogP contribution in [0.3, 0.4) is 0 Å². The topological polar surface area (TPSA) is 78.3 Å². The van der Waals surface area contributed by atoms with Crippen molar-refractivity contribution in [2.45, 2.75) is 32.2 Å². The third-order valence-electron chi connectivity index (χ3n) is 3.83. The van der Waals surface area contributed by atoms with E-state index in [0.29, 0.717) is 30.5 Å². The molecule has 0 aliphatic carbocycles. The summed E-state index contributed by atoms with van der Waals surface area (Å²) in [6, 6.07) is 5.53. The van der Waals surface area contributed by atoms with Gasteiger partial charge >= 0.3 is 0 Å². The fraction of sp³-hybridized carbons (Fsp3) is 0.438. The Morgan fingerprint density at radius 2 is 2.26 bits per heavy atom. The first-order chi connectivity index (χ1) is 11.2. The van der Waals surface area contributed by atoms with Gasteiger partial charge in [-0.3, -0.25) is 10.1 Å². The van der Waals surface area contributed by atoms with Crippen molar-refractivity contribution >= 4 is 11.9 Å². The van der Waals surface area contributed by atoms with E-state index in [9.17, 15) is 4.79 Å². The summed E-state index contributed by atoms with van der Waals surface area (Å²) < 4.78 is 12.9. The van der Waals surface area contributed by atoms with Crippen LogP contribution < -0.4 is 14.8 Å². The molecule has 1 aromatic heterocycles. The molecule has 122 valence electrons. The number of unbranched alkanes of at least 4 members (excludes halogenated alkanes) is 1. The molecule has 23 heavy (non-hydrogen) atoms. The molecule has 1 N–H and O–H groups in total. The number of carbonyl (C=O) groups excluding carboxylic acids is 1. The molecule has 1 aliphatic heterocycles. The zero-order chi connectivity index (χ0) is 16.2. The highest BCUT2D eigenvalue weighted by Gasteiger charge is 2.28. The predicted molar refractivity (Wildman–Crippen MR) is 84.8 cm³/mol. The number of hydrogen-bond acceptors (Lipinski definition) is 5. The third kappa shape index (κ3) is 3.13. The molecule has 0 spiro atoms. The van der Waals surface area contributed by atoms with Crippen molar-refractivity contribution < 1.29 is 14.3 Å². The molecule has 0 saturated carbocycles. The molecule has 1 aliphatic rings. The number of fused-ring (bicyclic) bond motifs is 1. The van der Waals surface area contributed by atoms with Crippen LogP contribution >= 0.6 is 0 Å². The number of methoxy groups -OCH3 is 1. The molecular weight excluding hydrogens is 296 g/mol. The number of nitrogens with one attached hydrogen (secondary N) is 1. The van der Waals surface area contributed by atoms with Crippen LogP contribution in [0.1, 0.15) is 37.8 Å². The van der Waals surface area contributed by atoms with Crippen LogP contribution in [0.25, 0.3) is 0 Å². The summed E-state index contributed by atoms with van der Waals surface area (Å²) in [6.07, 6.45) is 3.83. The van der Waals surface area contributed by atoms with Crippen LogP contribution in [0.15, 0.2) is 24.5 Å². The number of carbonyl (C=O) groups is 1. The summed E-state index contributed by atoms with van der Waals surface area (Å²) in [6.45, 7) is 2.78. The molecule has 0 unspecified atom stereocenters. The summed E-state index contributed by atoms with van der Waals surface area (Å²) in [7, 11) is 1.61. The lowest BCUT2D eigenvalue weighted by Crippen LogP contribution is -2.29. The van der Waals surface area contributed by atoms with E-state index in [-0.39, 0.29) is 11.9 Å². The quantitative estimate of drug-likeness (QED) is 0.828. The normalized spacial score (nSPS) is 16.6. The Labute approximate surface area is 134 Å². The number of amides is 1. The molecule has 7 heteroatoms. The fourth-order valence-corrected chi connectivity index (χ4v) is 2.60. The molecule has 7 nitrogen and oxygen atoms in total. The van der Waals surface area contributed by atoms with Gasteiger partial charge in [0.25, 0.3) is 0 Å². The van der Waals surface area contributed by atoms with Gasteiger partial charge in [-0.2, -0.15) is 10.1 Å². The lowest BCUT2D eigenvalue weighted by molar-refractivity contribution is -0.117. The largest absolute Gasteiger partial charge is 0.493 e. The van der Waals surface area contributed by atoms with E-state index in [0.717, 1.165) is 18.4 Å². The molecule has 1 aromatic carbocycles. The van der Waals surface area contributed by atoms with Gasteiger partial charge in [-0.15, -0.1) is 0 Å². The van der Waals surface area contributed by atoms with Gasteiger partial charge in [-0.25, -0.2) is 4.68 Å². The predicted octanol–water partition coefficient (Wildman–Crippen LogP) is 2.40. The minimum absolute atomic E-state index is 0.0715. The van der Waals surface area contributed by atoms with Gasteiger partial charge in [0.1, 0.15) is 6.33 Å². The van der Waals surface area contributed by atoms with Crippen molar-refractivity contribution in [2.24, 2.45) is 0 Å². The van der Waals surface area contributed by atoms with Crippen molar-refractivity contribution in [3.63, 3.8) is 0 Å². The Bertz CT molecular complexity index is 698. The van der Waals surface area contributed by atoms with Crippen LogP contribution in [0.4, 0.5) is 5.95 Å². The van der Waals surface area contributed by atoms with Crippen molar-refractivity contribution in [3.8, 4) is 11.5 Å². The monoisotopic (exact) mass is 316 g/mol. The molecule has 1 atom stereocenters. The average Bonchev–Trinajstić information content (AvgIpc) is 3.02. The SMILES string of the molecule is CCCCOc1ccc([C@H]2CC(=O)Nc3ncnn32)cc1OC. The third-order valence-corrected chi connectivity index (χ3v) is 3.83. The highest BCUT2D eigenvalue weighted by atomic mass is 16.5. The number of anilines is 1. The minimum atomic E-state index is -0.195. The fourth-order valence-electron chi connectivity index (χ4n) is 2.60. The molecule has 0 fully saturated rings. The number of rotatable bonds is 6. The molecule has 2 heterocycles. The van der Waals surface area contributed by atoms with E-state index < -0.39 is 0 Å². The smallest absolute Gasteiger partial charge is 0.229 e. The van der Waals surface area contributed by atoms with Gasteiger partial charge in [-0.1, -0.05) is 19.4 Å². The van der Waals surface area contributed by atoms with Gasteiger partial charge in [0.2, 0.25) is 11.9 Å². The molecule has 0 bridgehead atoms. The first-order valence-electron chi connectivity index (χ1n) is 7.73. The van der Waals surface area contributed by atoms with Gasteiger partial charge in [0.05, 0.1) is 26.2 Å². The van der Waals surface area contributed by atoms with Crippen LogP contribution in [-0.4, -0.2) is 34.4 Å². The van der Waals surface area contributed by atoms with E-state index in [4.69, 9.17) is 9.47 Å². The van der Waals surface area contributed by atoms with Gasteiger partial charge in [0.15, 0.2) is 11.5 Å². The molecular formula is C16H20N4O3. The Hall–Kier alpha value is -2.57. The van der Waals surface area contributed by atoms with E-state index >= 15 is 0 Å². The first kappa shape index (κ1) is 15.3. The molecule has 2 aromatic rings. The number of aromatic nitrogens is 3. The van der Waals surface area contributed by atoms with Gasteiger partial charge < -0.3 is 9.47 Å². The lowest BCUT2D eigenvalue weighted by atomic mass is 10.0. The van der Waals surface area contributed by atoms with Crippen molar-refractivity contribution in [1.82, 2.24) is 14.8 Å². The van der Waals surface area contributed by atoms with E-state index in [1.54, 1.807) is 11.8 Å².